The third-order valence-corrected chi connectivity index (χ3v) is 5.48. The predicted octanol–water partition coefficient (Wildman–Crippen LogP) is 4.04. The van der Waals surface area contributed by atoms with E-state index in [1.54, 1.807) is 23.3 Å². The molecule has 0 radical (unpaired) electrons. The van der Waals surface area contributed by atoms with Crippen molar-refractivity contribution in [2.75, 3.05) is 5.73 Å². The summed E-state index contributed by atoms with van der Waals surface area (Å²) < 4.78 is 3.80. The Bertz CT molecular complexity index is 1560. The van der Waals surface area contributed by atoms with Gasteiger partial charge >= 0.3 is 0 Å². The number of rotatable bonds is 3. The highest BCUT2D eigenvalue weighted by Gasteiger charge is 2.14. The number of aryl methyl sites for hydroxylation is 1. The number of hydrogen-bond donors (Lipinski definition) is 2. The van der Waals surface area contributed by atoms with Gasteiger partial charge in [-0.3, -0.25) is 0 Å². The molecule has 0 aliphatic carbocycles. The molecule has 0 unspecified atom stereocenters. The Balaban J connectivity index is 1.47. The topological polar surface area (TPSA) is 103 Å². The maximum atomic E-state index is 6.55. The number of aromatic nitrogens is 7. The molecule has 31 heavy (non-hydrogen) atoms. The molecular weight excluding hydrogens is 388 g/mol. The van der Waals surface area contributed by atoms with Crippen LogP contribution in [0.2, 0.25) is 0 Å². The number of nitrogens with one attached hydrogen (secondary N) is 1. The van der Waals surface area contributed by atoms with E-state index in [0.717, 1.165) is 50.3 Å². The molecule has 0 atom stereocenters. The third kappa shape index (κ3) is 2.77. The Morgan fingerprint density at radius 1 is 0.935 bits per heavy atom. The number of nitrogens with zero attached hydrogens (tertiary/aromatic N) is 6. The molecule has 0 fully saturated rings. The summed E-state index contributed by atoms with van der Waals surface area (Å²) in [6.45, 7) is 1.94. The van der Waals surface area contributed by atoms with Crippen molar-refractivity contribution < 1.29 is 0 Å². The Kier molecular flexibility index (Phi) is 3.66. The van der Waals surface area contributed by atoms with Crippen LogP contribution in [0.1, 0.15) is 5.82 Å². The molecule has 4 aromatic heterocycles. The zero-order valence-electron chi connectivity index (χ0n) is 16.7. The van der Waals surface area contributed by atoms with Gasteiger partial charge in [-0.25, -0.2) is 9.67 Å². The molecule has 0 bridgehead atoms. The van der Waals surface area contributed by atoms with Gasteiger partial charge in [0.25, 0.3) is 0 Å². The van der Waals surface area contributed by atoms with Gasteiger partial charge in [-0.2, -0.15) is 15.3 Å². The quantitative estimate of drug-likeness (QED) is 0.462. The molecular formula is C23H18N8. The first-order valence-electron chi connectivity index (χ1n) is 9.86. The van der Waals surface area contributed by atoms with Crippen molar-refractivity contribution >= 4 is 27.8 Å². The van der Waals surface area contributed by atoms with Crippen LogP contribution in [0.25, 0.3) is 44.4 Å². The van der Waals surface area contributed by atoms with E-state index in [2.05, 4.69) is 54.1 Å². The average Bonchev–Trinajstić information content (AvgIpc) is 3.48. The number of nitrogen functional groups attached to an aromatic ring is 1. The largest absolute Gasteiger partial charge is 0.382 e. The standard InChI is InChI=1S/C23H18N8/c1-14-28-19-5-4-18(11-20(19)29-14)31-23(24)22(13-27-31)30-9-7-15-2-3-16(10-21(15)30)17-6-8-25-26-12-17/h2-13H,24H2,1H3,(H,28,29). The lowest BCUT2D eigenvalue weighted by Gasteiger charge is -2.08. The lowest BCUT2D eigenvalue weighted by atomic mass is 10.1. The van der Waals surface area contributed by atoms with Gasteiger partial charge in [0.05, 0.1) is 40.8 Å². The molecule has 3 N–H and O–H groups in total. The normalized spacial score (nSPS) is 11.5. The molecule has 0 aliphatic rings. The monoisotopic (exact) mass is 406 g/mol. The zero-order valence-corrected chi connectivity index (χ0v) is 16.7. The predicted molar refractivity (Wildman–Crippen MR) is 120 cm³/mol. The van der Waals surface area contributed by atoms with Crippen LogP contribution in [-0.2, 0) is 0 Å². The second kappa shape index (κ2) is 6.53. The summed E-state index contributed by atoms with van der Waals surface area (Å²) in [4.78, 5) is 7.72. The van der Waals surface area contributed by atoms with Crippen LogP contribution < -0.4 is 5.73 Å². The number of imidazole rings is 1. The van der Waals surface area contributed by atoms with Crippen LogP contribution in [0.3, 0.4) is 0 Å². The number of nitrogens with two attached hydrogens (primary N) is 1. The van der Waals surface area contributed by atoms with E-state index in [-0.39, 0.29) is 0 Å². The van der Waals surface area contributed by atoms with Gasteiger partial charge in [0.1, 0.15) is 11.5 Å². The summed E-state index contributed by atoms with van der Waals surface area (Å²) in [6.07, 6.45) is 7.25. The third-order valence-electron chi connectivity index (χ3n) is 5.48. The molecule has 6 aromatic rings. The van der Waals surface area contributed by atoms with E-state index >= 15 is 0 Å². The molecule has 0 saturated carbocycles. The average molecular weight is 406 g/mol. The lowest BCUT2D eigenvalue weighted by molar-refractivity contribution is 0.892. The summed E-state index contributed by atoms with van der Waals surface area (Å²) >= 11 is 0. The van der Waals surface area contributed by atoms with Crippen LogP contribution in [0.4, 0.5) is 5.82 Å². The molecule has 0 aliphatic heterocycles. The highest BCUT2D eigenvalue weighted by Crippen LogP contribution is 2.29. The summed E-state index contributed by atoms with van der Waals surface area (Å²) in [5.74, 6) is 1.43. The highest BCUT2D eigenvalue weighted by atomic mass is 15.3. The molecule has 0 amide bonds. The van der Waals surface area contributed by atoms with Crippen molar-refractivity contribution in [1.82, 2.24) is 34.5 Å². The first-order valence-corrected chi connectivity index (χ1v) is 9.86. The lowest BCUT2D eigenvalue weighted by Crippen LogP contribution is -2.04. The fraction of sp³-hybridized carbons (Fsp3) is 0.0435. The summed E-state index contributed by atoms with van der Waals surface area (Å²) in [7, 11) is 0. The molecule has 8 nitrogen and oxygen atoms in total. The van der Waals surface area contributed by atoms with Crippen LogP contribution >= 0.6 is 0 Å². The summed E-state index contributed by atoms with van der Waals surface area (Å²) in [5, 5.41) is 13.5. The fourth-order valence-electron chi connectivity index (χ4n) is 3.98. The molecule has 0 spiro atoms. The molecule has 150 valence electrons. The van der Waals surface area contributed by atoms with Crippen LogP contribution in [0.15, 0.2) is 73.3 Å². The van der Waals surface area contributed by atoms with Gasteiger partial charge in [-0.15, -0.1) is 0 Å². The minimum atomic E-state index is 0.559. The zero-order chi connectivity index (χ0) is 20.9. The van der Waals surface area contributed by atoms with Gasteiger partial charge in [0.2, 0.25) is 0 Å². The Labute approximate surface area is 177 Å². The minimum Gasteiger partial charge on any atom is -0.382 e. The van der Waals surface area contributed by atoms with E-state index in [1.807, 2.05) is 37.4 Å². The van der Waals surface area contributed by atoms with Crippen molar-refractivity contribution in [3.05, 3.63) is 79.1 Å². The molecule has 2 aromatic carbocycles. The van der Waals surface area contributed by atoms with Gasteiger partial charge in [-0.05, 0) is 54.3 Å². The number of fused-ring (bicyclic) bond motifs is 2. The number of H-pyrrole nitrogens is 1. The molecule has 4 heterocycles. The van der Waals surface area contributed by atoms with E-state index in [9.17, 15) is 0 Å². The van der Waals surface area contributed by atoms with E-state index < -0.39 is 0 Å². The van der Waals surface area contributed by atoms with Crippen molar-refractivity contribution in [2.24, 2.45) is 0 Å². The second-order valence-electron chi connectivity index (χ2n) is 7.44. The first kappa shape index (κ1) is 17.4. The first-order chi connectivity index (χ1) is 15.2. The van der Waals surface area contributed by atoms with Crippen LogP contribution in [-0.4, -0.2) is 34.5 Å². The van der Waals surface area contributed by atoms with Gasteiger partial charge in [-0.1, -0.05) is 12.1 Å². The SMILES string of the molecule is Cc1nc2ccc(-n3ncc(-n4ccc5ccc(-c6ccnnc6)cc54)c3N)cc2[nH]1. The van der Waals surface area contributed by atoms with Gasteiger partial charge < -0.3 is 15.3 Å². The number of aromatic amines is 1. The van der Waals surface area contributed by atoms with Crippen molar-refractivity contribution in [2.45, 2.75) is 6.92 Å². The summed E-state index contributed by atoms with van der Waals surface area (Å²) in [6, 6.07) is 16.3. The van der Waals surface area contributed by atoms with Crippen LogP contribution in [0.5, 0.6) is 0 Å². The fourth-order valence-corrected chi connectivity index (χ4v) is 3.98. The van der Waals surface area contributed by atoms with Gasteiger partial charge in [0, 0.05) is 11.8 Å². The van der Waals surface area contributed by atoms with Gasteiger partial charge in [0.15, 0.2) is 5.82 Å². The number of benzene rings is 2. The summed E-state index contributed by atoms with van der Waals surface area (Å²) in [5.41, 5.74) is 13.2. The Morgan fingerprint density at radius 2 is 1.87 bits per heavy atom. The van der Waals surface area contributed by atoms with E-state index in [4.69, 9.17) is 5.73 Å². The Morgan fingerprint density at radius 3 is 2.74 bits per heavy atom. The maximum Gasteiger partial charge on any atom is 0.151 e. The van der Waals surface area contributed by atoms with Crippen molar-refractivity contribution in [3.8, 4) is 22.5 Å². The minimum absolute atomic E-state index is 0.559. The van der Waals surface area contributed by atoms with Crippen molar-refractivity contribution in [1.29, 1.82) is 0 Å². The Hall–Kier alpha value is -4.46. The molecule has 6 rings (SSSR count). The van der Waals surface area contributed by atoms with Crippen LogP contribution in [0, 0.1) is 6.92 Å². The highest BCUT2D eigenvalue weighted by molar-refractivity contribution is 5.87. The molecule has 0 saturated heterocycles. The van der Waals surface area contributed by atoms with Crippen molar-refractivity contribution in [3.63, 3.8) is 0 Å². The number of hydrogen-bond acceptors (Lipinski definition) is 5. The number of anilines is 1. The molecule has 8 heteroatoms. The van der Waals surface area contributed by atoms with E-state index in [0.29, 0.717) is 5.82 Å². The maximum absolute atomic E-state index is 6.55. The van der Waals surface area contributed by atoms with E-state index in [1.165, 1.54) is 0 Å². The second-order valence-corrected chi connectivity index (χ2v) is 7.44. The smallest absolute Gasteiger partial charge is 0.151 e.